The van der Waals surface area contributed by atoms with Gasteiger partial charge in [0.1, 0.15) is 11.6 Å². The molecule has 0 amide bonds. The van der Waals surface area contributed by atoms with E-state index >= 15 is 0 Å². The van der Waals surface area contributed by atoms with Crippen molar-refractivity contribution in [3.8, 4) is 10.4 Å². The van der Waals surface area contributed by atoms with Crippen LogP contribution in [0.5, 0.6) is 0 Å². The third-order valence-corrected chi connectivity index (χ3v) is 6.91. The number of thiophene rings is 2. The van der Waals surface area contributed by atoms with E-state index < -0.39 is 34.3 Å². The Balaban J connectivity index is 1.55. The number of Topliss-reactive ketones (excluding diaryl/α,β-unsaturated/α-hetero) is 2. The maximum absolute atomic E-state index is 14.0. The van der Waals surface area contributed by atoms with Crippen molar-refractivity contribution in [3.63, 3.8) is 0 Å². The van der Waals surface area contributed by atoms with Crippen molar-refractivity contribution in [1.29, 1.82) is 0 Å². The normalized spacial score (nSPS) is 13.4. The largest absolute Gasteiger partial charge is 0.288 e. The number of fused-ring (bicyclic) bond motifs is 2. The molecule has 0 spiro atoms. The molecule has 2 aromatic carbocycles. The van der Waals surface area contributed by atoms with Gasteiger partial charge >= 0.3 is 0 Å². The molecule has 5 rings (SSSR count). The van der Waals surface area contributed by atoms with E-state index in [0.29, 0.717) is 4.88 Å². The smallest absolute Gasteiger partial charge is 0.200 e. The summed E-state index contributed by atoms with van der Waals surface area (Å²) in [7, 11) is 0. The number of halogens is 2. The van der Waals surface area contributed by atoms with Gasteiger partial charge in [0, 0.05) is 19.2 Å². The number of carbonyl (C=O) groups excluding carboxylic acids is 2. The lowest BCUT2D eigenvalue weighted by atomic mass is 10.1. The van der Waals surface area contributed by atoms with Gasteiger partial charge in [0.05, 0.1) is 16.7 Å². The van der Waals surface area contributed by atoms with E-state index in [1.165, 1.54) is 17.4 Å². The second kappa shape index (κ2) is 6.29. The van der Waals surface area contributed by atoms with E-state index in [-0.39, 0.29) is 5.57 Å². The molecule has 0 saturated carbocycles. The molecule has 0 bridgehead atoms. The minimum absolute atomic E-state index is 0.198. The van der Waals surface area contributed by atoms with E-state index in [1.807, 2.05) is 36.4 Å². The fourth-order valence-corrected chi connectivity index (χ4v) is 5.67. The summed E-state index contributed by atoms with van der Waals surface area (Å²) in [5.41, 5.74) is -0.0171. The first-order valence-electron chi connectivity index (χ1n) is 8.41. The second-order valence-corrected chi connectivity index (χ2v) is 8.55. The minimum Gasteiger partial charge on any atom is -0.288 e. The van der Waals surface area contributed by atoms with Crippen molar-refractivity contribution in [1.82, 2.24) is 0 Å². The molecule has 1 aliphatic rings. The van der Waals surface area contributed by atoms with Crippen molar-refractivity contribution in [2.24, 2.45) is 0 Å². The Bertz CT molecular complexity index is 1240. The summed E-state index contributed by atoms with van der Waals surface area (Å²) in [5, 5.41) is 0. The number of carbonyl (C=O) groups is 2. The maximum Gasteiger partial charge on any atom is 0.200 e. The Kier molecular flexibility index (Phi) is 3.86. The van der Waals surface area contributed by atoms with Crippen LogP contribution in [0.1, 0.15) is 25.6 Å². The molecule has 0 aliphatic heterocycles. The maximum atomic E-state index is 14.0. The summed E-state index contributed by atoms with van der Waals surface area (Å²) in [6.07, 6.45) is 1.43. The van der Waals surface area contributed by atoms with Crippen LogP contribution in [0.25, 0.3) is 25.9 Å². The van der Waals surface area contributed by atoms with Gasteiger partial charge in [0.25, 0.3) is 0 Å². The first-order chi connectivity index (χ1) is 13.5. The average Bonchev–Trinajstić information content (AvgIpc) is 3.32. The summed E-state index contributed by atoms with van der Waals surface area (Å²) in [4.78, 5) is 26.8. The predicted octanol–water partition coefficient (Wildman–Crippen LogP) is 6.37. The summed E-state index contributed by atoms with van der Waals surface area (Å²) in [6.45, 7) is 0. The van der Waals surface area contributed by atoms with E-state index in [0.717, 1.165) is 32.0 Å². The molecular weight excluding hydrogens is 398 g/mol. The number of ketones is 2. The highest BCUT2D eigenvalue weighted by molar-refractivity contribution is 7.29. The summed E-state index contributed by atoms with van der Waals surface area (Å²) < 4.78 is 30.0. The zero-order valence-corrected chi connectivity index (χ0v) is 15.8. The molecule has 2 aromatic heterocycles. The quantitative estimate of drug-likeness (QED) is 0.285. The van der Waals surface area contributed by atoms with Gasteiger partial charge < -0.3 is 0 Å². The van der Waals surface area contributed by atoms with Crippen molar-refractivity contribution < 1.29 is 18.4 Å². The molecule has 28 heavy (non-hydrogen) atoms. The lowest BCUT2D eigenvalue weighted by molar-refractivity contribution is 0.0989. The van der Waals surface area contributed by atoms with Gasteiger partial charge in [-0.1, -0.05) is 30.3 Å². The third-order valence-electron chi connectivity index (χ3n) is 4.62. The predicted molar refractivity (Wildman–Crippen MR) is 108 cm³/mol. The van der Waals surface area contributed by atoms with Crippen LogP contribution in [0.15, 0.2) is 60.2 Å². The van der Waals surface area contributed by atoms with E-state index in [1.54, 1.807) is 11.3 Å². The number of hydrogen-bond acceptors (Lipinski definition) is 4. The van der Waals surface area contributed by atoms with Crippen LogP contribution in [0.2, 0.25) is 0 Å². The van der Waals surface area contributed by atoms with Gasteiger partial charge in [-0.15, -0.1) is 22.7 Å². The number of hydrogen-bond donors (Lipinski definition) is 0. The third kappa shape index (κ3) is 2.57. The molecule has 0 N–H and O–H groups in total. The average molecular weight is 408 g/mol. The highest BCUT2D eigenvalue weighted by atomic mass is 32.1. The highest BCUT2D eigenvalue weighted by Crippen LogP contribution is 2.40. The monoisotopic (exact) mass is 408 g/mol. The van der Waals surface area contributed by atoms with Crippen molar-refractivity contribution in [2.45, 2.75) is 0 Å². The molecule has 0 fully saturated rings. The van der Waals surface area contributed by atoms with Crippen LogP contribution in [-0.4, -0.2) is 11.6 Å². The van der Waals surface area contributed by atoms with Gasteiger partial charge in [-0.25, -0.2) is 8.78 Å². The van der Waals surface area contributed by atoms with Crippen LogP contribution < -0.4 is 0 Å². The van der Waals surface area contributed by atoms with Crippen molar-refractivity contribution in [2.75, 3.05) is 0 Å². The fraction of sp³-hybridized carbons (Fsp3) is 0. The SMILES string of the molecule is O=C1C(=Cc2cc3sc(-c4ccccc4)cc3s2)C(=O)c2c(F)ccc(F)c21. The fourth-order valence-electron chi connectivity index (χ4n) is 3.31. The Morgan fingerprint density at radius 1 is 0.750 bits per heavy atom. The lowest BCUT2D eigenvalue weighted by Crippen LogP contribution is -2.00. The van der Waals surface area contributed by atoms with E-state index in [9.17, 15) is 18.4 Å². The zero-order chi connectivity index (χ0) is 19.4. The van der Waals surface area contributed by atoms with Gasteiger partial charge in [-0.2, -0.15) is 0 Å². The van der Waals surface area contributed by atoms with Crippen LogP contribution in [0.4, 0.5) is 8.78 Å². The Morgan fingerprint density at radius 3 is 1.96 bits per heavy atom. The molecule has 6 heteroatoms. The molecule has 0 atom stereocenters. The highest BCUT2D eigenvalue weighted by Gasteiger charge is 2.38. The summed E-state index contributed by atoms with van der Waals surface area (Å²) in [6, 6.07) is 15.7. The summed E-state index contributed by atoms with van der Waals surface area (Å²) in [5.74, 6) is -3.28. The lowest BCUT2D eigenvalue weighted by Gasteiger charge is -1.97. The number of benzene rings is 2. The van der Waals surface area contributed by atoms with Crippen LogP contribution >= 0.6 is 22.7 Å². The van der Waals surface area contributed by atoms with Gasteiger partial charge in [0.2, 0.25) is 11.6 Å². The molecule has 2 nitrogen and oxygen atoms in total. The molecule has 0 saturated heterocycles. The standard InChI is InChI=1S/C22H10F2O2S2/c23-14-6-7-15(24)20-19(14)21(25)13(22(20)26)8-12-9-17-18(27-12)10-16(28-17)11-4-2-1-3-5-11/h1-10H. The molecule has 136 valence electrons. The molecule has 4 aromatic rings. The molecule has 0 radical (unpaired) electrons. The Morgan fingerprint density at radius 2 is 1.36 bits per heavy atom. The van der Waals surface area contributed by atoms with Gasteiger partial charge in [0.15, 0.2) is 0 Å². The first-order valence-corrected chi connectivity index (χ1v) is 10.0. The zero-order valence-electron chi connectivity index (χ0n) is 14.2. The van der Waals surface area contributed by atoms with Crippen LogP contribution in [-0.2, 0) is 0 Å². The molecule has 1 aliphatic carbocycles. The minimum atomic E-state index is -0.877. The van der Waals surface area contributed by atoms with Crippen molar-refractivity contribution in [3.05, 3.63) is 87.8 Å². The number of allylic oxidation sites excluding steroid dienone is 1. The molecular formula is C22H10F2O2S2. The summed E-state index contributed by atoms with van der Waals surface area (Å²) >= 11 is 3.05. The topological polar surface area (TPSA) is 34.1 Å². The molecule has 0 unspecified atom stereocenters. The van der Waals surface area contributed by atoms with E-state index in [4.69, 9.17) is 0 Å². The van der Waals surface area contributed by atoms with E-state index in [2.05, 4.69) is 6.07 Å². The van der Waals surface area contributed by atoms with Crippen LogP contribution in [0, 0.1) is 11.6 Å². The second-order valence-electron chi connectivity index (χ2n) is 6.35. The Labute approximate surface area is 166 Å². The first kappa shape index (κ1) is 17.2. The van der Waals surface area contributed by atoms with Crippen molar-refractivity contribution >= 4 is 49.7 Å². The number of rotatable bonds is 2. The van der Waals surface area contributed by atoms with Crippen LogP contribution in [0.3, 0.4) is 0 Å². The van der Waals surface area contributed by atoms with Gasteiger partial charge in [-0.05, 0) is 35.9 Å². The molecule has 2 heterocycles. The van der Waals surface area contributed by atoms with Gasteiger partial charge in [-0.3, -0.25) is 9.59 Å². The Hall–Kier alpha value is -2.96.